The van der Waals surface area contributed by atoms with E-state index in [1.807, 2.05) is 36.4 Å². The highest BCUT2D eigenvalue weighted by Gasteiger charge is 2.22. The minimum Gasteiger partial charge on any atom is -0.497 e. The molecule has 37 heavy (non-hydrogen) atoms. The molecule has 0 amide bonds. The second kappa shape index (κ2) is 13.9. The third kappa shape index (κ3) is 8.42. The highest BCUT2D eigenvalue weighted by Crippen LogP contribution is 2.23. The third-order valence-electron chi connectivity index (χ3n) is 6.15. The number of halogens is 2. The van der Waals surface area contributed by atoms with Crippen LogP contribution in [0.3, 0.4) is 0 Å². The summed E-state index contributed by atoms with van der Waals surface area (Å²) in [5.74, 6) is 0.432. The highest BCUT2D eigenvalue weighted by molar-refractivity contribution is 5.50. The number of methoxy groups -OCH3 is 1. The molecule has 0 saturated carbocycles. The lowest BCUT2D eigenvalue weighted by Gasteiger charge is -2.38. The van der Waals surface area contributed by atoms with E-state index < -0.39 is 11.6 Å². The van der Waals surface area contributed by atoms with Gasteiger partial charge in [-0.1, -0.05) is 12.1 Å². The quantitative estimate of drug-likeness (QED) is 0.327. The zero-order valence-corrected chi connectivity index (χ0v) is 21.1. The Morgan fingerprint density at radius 1 is 0.838 bits per heavy atom. The zero-order chi connectivity index (χ0) is 25.9. The SMILES string of the molecule is COc1ccc(COC[C@H]2CNCCN2c2ccc(OCCCOCc3cc(F)cc(F)c3)cc2)cc1. The molecule has 1 atom stereocenters. The summed E-state index contributed by atoms with van der Waals surface area (Å²) < 4.78 is 49.0. The topological polar surface area (TPSA) is 52.2 Å². The lowest BCUT2D eigenvalue weighted by atomic mass is 10.1. The van der Waals surface area contributed by atoms with Crippen LogP contribution in [0.4, 0.5) is 14.5 Å². The fourth-order valence-electron chi connectivity index (χ4n) is 4.25. The van der Waals surface area contributed by atoms with Crippen LogP contribution < -0.4 is 19.7 Å². The molecule has 0 aromatic heterocycles. The molecule has 198 valence electrons. The molecule has 3 aromatic carbocycles. The molecule has 1 heterocycles. The molecule has 8 heteroatoms. The summed E-state index contributed by atoms with van der Waals surface area (Å²) >= 11 is 0. The second-order valence-corrected chi connectivity index (χ2v) is 8.94. The molecule has 1 aliphatic heterocycles. The predicted molar refractivity (Wildman–Crippen MR) is 139 cm³/mol. The zero-order valence-electron chi connectivity index (χ0n) is 21.1. The monoisotopic (exact) mass is 512 g/mol. The Balaban J connectivity index is 1.18. The van der Waals surface area contributed by atoms with E-state index in [-0.39, 0.29) is 12.6 Å². The van der Waals surface area contributed by atoms with Gasteiger partial charge in [-0.3, -0.25) is 0 Å². The van der Waals surface area contributed by atoms with E-state index in [4.69, 9.17) is 18.9 Å². The molecule has 6 nitrogen and oxygen atoms in total. The minimum absolute atomic E-state index is 0.166. The Morgan fingerprint density at radius 2 is 1.54 bits per heavy atom. The van der Waals surface area contributed by atoms with Crippen LogP contribution in [0.5, 0.6) is 11.5 Å². The van der Waals surface area contributed by atoms with Gasteiger partial charge in [0, 0.05) is 37.8 Å². The first-order valence-electron chi connectivity index (χ1n) is 12.5. The maximum absolute atomic E-state index is 13.2. The van der Waals surface area contributed by atoms with Crippen molar-refractivity contribution < 1.29 is 27.7 Å². The first kappa shape index (κ1) is 26.9. The van der Waals surface area contributed by atoms with Gasteiger partial charge in [0.2, 0.25) is 0 Å². The molecule has 4 rings (SSSR count). The summed E-state index contributed by atoms with van der Waals surface area (Å²) in [4.78, 5) is 2.37. The van der Waals surface area contributed by atoms with Crippen LogP contribution in [0.25, 0.3) is 0 Å². The van der Waals surface area contributed by atoms with Crippen molar-refractivity contribution in [2.75, 3.05) is 51.5 Å². The van der Waals surface area contributed by atoms with Gasteiger partial charge in [0.25, 0.3) is 0 Å². The van der Waals surface area contributed by atoms with Crippen molar-refractivity contribution in [1.82, 2.24) is 5.32 Å². The summed E-state index contributed by atoms with van der Waals surface area (Å²) in [7, 11) is 1.66. The molecular weight excluding hydrogens is 478 g/mol. The van der Waals surface area contributed by atoms with Crippen LogP contribution in [0.1, 0.15) is 17.5 Å². The van der Waals surface area contributed by atoms with Crippen molar-refractivity contribution in [3.05, 3.63) is 89.5 Å². The summed E-state index contributed by atoms with van der Waals surface area (Å²) in [6.07, 6.45) is 0.672. The molecule has 3 aromatic rings. The molecule has 1 saturated heterocycles. The number of hydrogen-bond donors (Lipinski definition) is 1. The van der Waals surface area contributed by atoms with Gasteiger partial charge in [0.1, 0.15) is 23.1 Å². The third-order valence-corrected chi connectivity index (χ3v) is 6.15. The van der Waals surface area contributed by atoms with Gasteiger partial charge < -0.3 is 29.2 Å². The number of ether oxygens (including phenoxy) is 4. The van der Waals surface area contributed by atoms with Gasteiger partial charge in [-0.2, -0.15) is 0 Å². The number of nitrogens with one attached hydrogen (secondary N) is 1. The fourth-order valence-corrected chi connectivity index (χ4v) is 4.25. The Labute approximate surface area is 217 Å². The number of nitrogens with zero attached hydrogens (tertiary/aromatic N) is 1. The molecular formula is C29H34F2N2O4. The van der Waals surface area contributed by atoms with Crippen molar-refractivity contribution in [3.63, 3.8) is 0 Å². The van der Waals surface area contributed by atoms with Crippen LogP contribution >= 0.6 is 0 Å². The number of piperazine rings is 1. The molecule has 0 bridgehead atoms. The van der Waals surface area contributed by atoms with E-state index in [0.29, 0.717) is 38.4 Å². The van der Waals surface area contributed by atoms with E-state index >= 15 is 0 Å². The largest absolute Gasteiger partial charge is 0.497 e. The van der Waals surface area contributed by atoms with Crippen molar-refractivity contribution in [1.29, 1.82) is 0 Å². The van der Waals surface area contributed by atoms with Crippen LogP contribution in [0.2, 0.25) is 0 Å². The number of hydrogen-bond acceptors (Lipinski definition) is 6. The van der Waals surface area contributed by atoms with E-state index in [2.05, 4.69) is 22.3 Å². The van der Waals surface area contributed by atoms with E-state index in [0.717, 1.165) is 48.5 Å². The Hall–Kier alpha value is -3.20. The van der Waals surface area contributed by atoms with Crippen molar-refractivity contribution in [2.45, 2.75) is 25.7 Å². The predicted octanol–water partition coefficient (Wildman–Crippen LogP) is 4.95. The van der Waals surface area contributed by atoms with E-state index in [1.165, 1.54) is 12.1 Å². The summed E-state index contributed by atoms with van der Waals surface area (Å²) in [5.41, 5.74) is 2.73. The standard InChI is InChI=1S/C29H34F2N2O4/c1-34-28-7-3-22(4-8-28)19-36-21-27-18-32-11-12-33(27)26-5-9-29(10-6-26)37-14-2-13-35-20-23-15-24(30)17-25(31)16-23/h3-10,15-17,27,32H,2,11-14,18-21H2,1H3/t27-/m1/s1. The maximum atomic E-state index is 13.2. The van der Waals surface area contributed by atoms with Gasteiger partial charge in [-0.05, 0) is 59.7 Å². The highest BCUT2D eigenvalue weighted by atomic mass is 19.1. The van der Waals surface area contributed by atoms with Gasteiger partial charge in [-0.15, -0.1) is 0 Å². The van der Waals surface area contributed by atoms with Crippen molar-refractivity contribution in [3.8, 4) is 11.5 Å². The minimum atomic E-state index is -0.599. The van der Waals surface area contributed by atoms with E-state index in [1.54, 1.807) is 7.11 Å². The lowest BCUT2D eigenvalue weighted by Crippen LogP contribution is -2.53. The average molecular weight is 513 g/mol. The number of benzene rings is 3. The fraction of sp³-hybridized carbons (Fsp3) is 0.379. The summed E-state index contributed by atoms with van der Waals surface area (Å²) in [6, 6.07) is 19.7. The van der Waals surface area contributed by atoms with Gasteiger partial charge in [0.15, 0.2) is 0 Å². The average Bonchev–Trinajstić information content (AvgIpc) is 2.91. The van der Waals surface area contributed by atoms with Gasteiger partial charge in [0.05, 0.1) is 46.2 Å². The molecule has 1 N–H and O–H groups in total. The molecule has 0 unspecified atom stereocenters. The van der Waals surface area contributed by atoms with Crippen molar-refractivity contribution >= 4 is 5.69 Å². The summed E-state index contributed by atoms with van der Waals surface area (Å²) in [5, 5.41) is 3.46. The number of rotatable bonds is 13. The normalized spacial score (nSPS) is 15.5. The Kier molecular flexibility index (Phi) is 10.1. The Bertz CT molecular complexity index is 1080. The molecule has 1 aliphatic rings. The van der Waals surface area contributed by atoms with Crippen molar-refractivity contribution in [2.24, 2.45) is 0 Å². The maximum Gasteiger partial charge on any atom is 0.126 e. The van der Waals surface area contributed by atoms with Gasteiger partial charge in [-0.25, -0.2) is 8.78 Å². The molecule has 0 spiro atoms. The first-order chi connectivity index (χ1) is 18.1. The lowest BCUT2D eigenvalue weighted by molar-refractivity contribution is 0.102. The molecule has 1 fully saturated rings. The van der Waals surface area contributed by atoms with Gasteiger partial charge >= 0.3 is 0 Å². The second-order valence-electron chi connectivity index (χ2n) is 8.94. The molecule has 0 radical (unpaired) electrons. The van der Waals surface area contributed by atoms with E-state index in [9.17, 15) is 8.78 Å². The molecule has 0 aliphatic carbocycles. The first-order valence-corrected chi connectivity index (χ1v) is 12.5. The smallest absolute Gasteiger partial charge is 0.126 e. The number of anilines is 1. The van der Waals surface area contributed by atoms with Crippen LogP contribution in [0.15, 0.2) is 66.7 Å². The van der Waals surface area contributed by atoms with Crippen LogP contribution in [-0.4, -0.2) is 52.6 Å². The Morgan fingerprint density at radius 3 is 2.27 bits per heavy atom. The van der Waals surface area contributed by atoms with Crippen LogP contribution in [0, 0.1) is 11.6 Å². The summed E-state index contributed by atoms with van der Waals surface area (Å²) in [6.45, 7) is 4.98. The van der Waals surface area contributed by atoms with Crippen LogP contribution in [-0.2, 0) is 22.7 Å².